The van der Waals surface area contributed by atoms with Crippen LogP contribution in [-0.2, 0) is 0 Å². The fourth-order valence-electron chi connectivity index (χ4n) is 0.848. The number of methoxy groups -OCH3 is 1. The summed E-state index contributed by atoms with van der Waals surface area (Å²) in [5, 5.41) is 0. The standard InChI is InChI=1S/C10H9NO/c1-8(11-2)9-4-6-10(12-3)7-5-9/h4-7H,1H2,3H3. The predicted molar refractivity (Wildman–Crippen MR) is 48.6 cm³/mol. The predicted octanol–water partition coefficient (Wildman–Crippen LogP) is 2.59. The highest BCUT2D eigenvalue weighted by atomic mass is 16.5. The third-order valence-corrected chi connectivity index (χ3v) is 1.56. The molecule has 1 rings (SSSR count). The van der Waals surface area contributed by atoms with E-state index in [0.717, 1.165) is 11.3 Å². The zero-order valence-corrected chi connectivity index (χ0v) is 6.87. The number of rotatable bonds is 2. The van der Waals surface area contributed by atoms with Crippen LogP contribution in [0.2, 0.25) is 0 Å². The van der Waals surface area contributed by atoms with Crippen LogP contribution in [0.25, 0.3) is 10.5 Å². The van der Waals surface area contributed by atoms with E-state index in [9.17, 15) is 0 Å². The molecule has 0 spiro atoms. The maximum atomic E-state index is 6.74. The van der Waals surface area contributed by atoms with Crippen molar-refractivity contribution in [2.75, 3.05) is 7.11 Å². The number of benzene rings is 1. The molecule has 0 radical (unpaired) electrons. The van der Waals surface area contributed by atoms with Gasteiger partial charge in [-0.05, 0) is 17.7 Å². The summed E-state index contributed by atoms with van der Waals surface area (Å²) in [6.07, 6.45) is 0. The summed E-state index contributed by atoms with van der Waals surface area (Å²) in [5.74, 6) is 0.788. The van der Waals surface area contributed by atoms with Crippen LogP contribution in [0.15, 0.2) is 30.8 Å². The van der Waals surface area contributed by atoms with Gasteiger partial charge in [0.05, 0.1) is 13.7 Å². The quantitative estimate of drug-likeness (QED) is 0.605. The largest absolute Gasteiger partial charge is 0.497 e. The van der Waals surface area contributed by atoms with Gasteiger partial charge in [-0.3, -0.25) is 0 Å². The minimum absolute atomic E-state index is 0.456. The average Bonchev–Trinajstić information content (AvgIpc) is 2.17. The number of nitrogens with zero attached hydrogens (tertiary/aromatic N) is 1. The first-order chi connectivity index (χ1) is 5.77. The van der Waals surface area contributed by atoms with Crippen LogP contribution in [0.5, 0.6) is 5.75 Å². The van der Waals surface area contributed by atoms with Gasteiger partial charge >= 0.3 is 0 Å². The molecule has 12 heavy (non-hydrogen) atoms. The molecule has 0 saturated carbocycles. The Morgan fingerprint density at radius 1 is 1.42 bits per heavy atom. The van der Waals surface area contributed by atoms with Gasteiger partial charge in [0.2, 0.25) is 0 Å². The summed E-state index contributed by atoms with van der Waals surface area (Å²) >= 11 is 0. The lowest BCUT2D eigenvalue weighted by atomic mass is 10.2. The minimum Gasteiger partial charge on any atom is -0.497 e. The monoisotopic (exact) mass is 159 g/mol. The molecule has 2 heteroatoms. The Morgan fingerprint density at radius 2 is 2.00 bits per heavy atom. The Kier molecular flexibility index (Phi) is 2.49. The second kappa shape index (κ2) is 3.59. The van der Waals surface area contributed by atoms with Gasteiger partial charge in [-0.1, -0.05) is 18.7 Å². The zero-order chi connectivity index (χ0) is 8.97. The van der Waals surface area contributed by atoms with Crippen molar-refractivity contribution in [2.45, 2.75) is 0 Å². The zero-order valence-electron chi connectivity index (χ0n) is 6.87. The van der Waals surface area contributed by atoms with Crippen molar-refractivity contribution in [3.05, 3.63) is 47.8 Å². The molecule has 0 aliphatic carbocycles. The van der Waals surface area contributed by atoms with Crippen LogP contribution in [0.1, 0.15) is 5.56 Å². The van der Waals surface area contributed by atoms with Gasteiger partial charge in [-0.25, -0.2) is 4.85 Å². The van der Waals surface area contributed by atoms with Crippen LogP contribution >= 0.6 is 0 Å². The van der Waals surface area contributed by atoms with Gasteiger partial charge in [-0.15, -0.1) is 0 Å². The molecule has 0 aliphatic rings. The van der Waals surface area contributed by atoms with E-state index < -0.39 is 0 Å². The third kappa shape index (κ3) is 1.64. The van der Waals surface area contributed by atoms with E-state index in [2.05, 4.69) is 11.4 Å². The van der Waals surface area contributed by atoms with E-state index in [0.29, 0.717) is 5.70 Å². The van der Waals surface area contributed by atoms with Crippen LogP contribution in [0.4, 0.5) is 0 Å². The highest BCUT2D eigenvalue weighted by Crippen LogP contribution is 2.17. The molecule has 1 aromatic rings. The molecule has 0 atom stereocenters. The first-order valence-corrected chi connectivity index (χ1v) is 3.48. The van der Waals surface area contributed by atoms with Crippen LogP contribution in [0.3, 0.4) is 0 Å². The molecule has 0 aromatic heterocycles. The average molecular weight is 159 g/mol. The van der Waals surface area contributed by atoms with Gasteiger partial charge in [0.1, 0.15) is 5.75 Å². The minimum atomic E-state index is 0.456. The first-order valence-electron chi connectivity index (χ1n) is 3.48. The summed E-state index contributed by atoms with van der Waals surface area (Å²) < 4.78 is 4.98. The van der Waals surface area contributed by atoms with E-state index in [1.807, 2.05) is 24.3 Å². The van der Waals surface area contributed by atoms with Gasteiger partial charge in [-0.2, -0.15) is 0 Å². The van der Waals surface area contributed by atoms with Crippen molar-refractivity contribution in [2.24, 2.45) is 0 Å². The third-order valence-electron chi connectivity index (χ3n) is 1.56. The van der Waals surface area contributed by atoms with Crippen molar-refractivity contribution in [3.63, 3.8) is 0 Å². The van der Waals surface area contributed by atoms with E-state index in [4.69, 9.17) is 11.3 Å². The summed E-state index contributed by atoms with van der Waals surface area (Å²) in [7, 11) is 1.61. The molecule has 0 N–H and O–H groups in total. The first kappa shape index (κ1) is 8.35. The second-order valence-corrected chi connectivity index (χ2v) is 2.29. The molecular weight excluding hydrogens is 150 g/mol. The smallest absolute Gasteiger partial charge is 0.187 e. The molecule has 0 aliphatic heterocycles. The fraction of sp³-hybridized carbons (Fsp3) is 0.100. The van der Waals surface area contributed by atoms with Crippen LogP contribution < -0.4 is 4.74 Å². The van der Waals surface area contributed by atoms with Crippen LogP contribution in [-0.4, -0.2) is 7.11 Å². The molecule has 0 fully saturated rings. The van der Waals surface area contributed by atoms with E-state index in [1.54, 1.807) is 7.11 Å². The van der Waals surface area contributed by atoms with Gasteiger partial charge in [0, 0.05) is 0 Å². The lowest BCUT2D eigenvalue weighted by Gasteiger charge is -2.00. The van der Waals surface area contributed by atoms with Crippen molar-refractivity contribution in [3.8, 4) is 5.75 Å². The molecule has 2 nitrogen and oxygen atoms in total. The van der Waals surface area contributed by atoms with Crippen molar-refractivity contribution < 1.29 is 4.74 Å². The SMILES string of the molecule is [C-]#[N+]C(=C)c1ccc(OC)cc1. The molecule has 0 saturated heterocycles. The van der Waals surface area contributed by atoms with Crippen molar-refractivity contribution in [1.29, 1.82) is 0 Å². The topological polar surface area (TPSA) is 13.6 Å². The summed E-state index contributed by atoms with van der Waals surface area (Å²) in [6.45, 7) is 10.3. The van der Waals surface area contributed by atoms with Gasteiger partial charge in [0.25, 0.3) is 0 Å². The second-order valence-electron chi connectivity index (χ2n) is 2.29. The Hall–Kier alpha value is -1.75. The van der Waals surface area contributed by atoms with Crippen molar-refractivity contribution in [1.82, 2.24) is 0 Å². The fourth-order valence-corrected chi connectivity index (χ4v) is 0.848. The summed E-state index contributed by atoms with van der Waals surface area (Å²) in [4.78, 5) is 3.23. The maximum Gasteiger partial charge on any atom is 0.187 e. The Labute approximate surface area is 71.9 Å². The normalized spacial score (nSPS) is 8.67. The molecule has 60 valence electrons. The van der Waals surface area contributed by atoms with Gasteiger partial charge < -0.3 is 4.74 Å². The maximum absolute atomic E-state index is 6.74. The lowest BCUT2D eigenvalue weighted by Crippen LogP contribution is -1.82. The molecule has 0 bridgehead atoms. The number of hydrogen-bond donors (Lipinski definition) is 0. The van der Waals surface area contributed by atoms with Crippen LogP contribution in [0, 0.1) is 6.57 Å². The number of ether oxygens (including phenoxy) is 1. The number of hydrogen-bond acceptors (Lipinski definition) is 1. The van der Waals surface area contributed by atoms with E-state index in [1.165, 1.54) is 0 Å². The highest BCUT2D eigenvalue weighted by Gasteiger charge is 1.96. The Bertz CT molecular complexity index is 319. The summed E-state index contributed by atoms with van der Waals surface area (Å²) in [5.41, 5.74) is 1.29. The molecular formula is C10H9NO. The molecule has 1 aromatic carbocycles. The highest BCUT2D eigenvalue weighted by molar-refractivity contribution is 5.68. The van der Waals surface area contributed by atoms with Crippen molar-refractivity contribution >= 4 is 5.70 Å². The summed E-state index contributed by atoms with van der Waals surface area (Å²) in [6, 6.07) is 7.26. The molecule has 0 heterocycles. The molecule has 0 unspecified atom stereocenters. The van der Waals surface area contributed by atoms with E-state index in [-0.39, 0.29) is 0 Å². The Morgan fingerprint density at radius 3 is 2.42 bits per heavy atom. The van der Waals surface area contributed by atoms with Gasteiger partial charge in [0.15, 0.2) is 5.70 Å². The Balaban J connectivity index is 2.94. The lowest BCUT2D eigenvalue weighted by molar-refractivity contribution is 0.415. The molecule has 0 amide bonds. The van der Waals surface area contributed by atoms with E-state index >= 15 is 0 Å².